The van der Waals surface area contributed by atoms with Crippen LogP contribution in [0.15, 0.2) is 47.6 Å². The molecule has 1 fully saturated rings. The van der Waals surface area contributed by atoms with Crippen molar-refractivity contribution >= 4 is 29.9 Å². The SMILES string of the molecule is CN=C(NCc1ccc(OCC(F)(F)F)cc1)NCc1ccc(OCC2CC2)nc1.I. The summed E-state index contributed by atoms with van der Waals surface area (Å²) in [6.07, 6.45) is -0.103. The van der Waals surface area contributed by atoms with E-state index in [2.05, 4.69) is 20.6 Å². The molecule has 1 aliphatic rings. The van der Waals surface area contributed by atoms with Crippen LogP contribution in [-0.4, -0.2) is 37.4 Å². The van der Waals surface area contributed by atoms with Gasteiger partial charge in [0, 0.05) is 32.4 Å². The van der Waals surface area contributed by atoms with Crippen LogP contribution in [0.4, 0.5) is 13.2 Å². The van der Waals surface area contributed by atoms with Crippen molar-refractivity contribution in [3.63, 3.8) is 0 Å². The number of rotatable bonds is 9. The average Bonchev–Trinajstić information content (AvgIpc) is 3.56. The van der Waals surface area contributed by atoms with Crippen molar-refractivity contribution in [1.82, 2.24) is 15.6 Å². The van der Waals surface area contributed by atoms with E-state index in [9.17, 15) is 13.2 Å². The molecule has 0 atom stereocenters. The Balaban J connectivity index is 0.00000341. The molecule has 1 saturated carbocycles. The molecule has 1 aliphatic carbocycles. The third kappa shape index (κ3) is 9.62. The molecule has 0 amide bonds. The molecule has 0 aliphatic heterocycles. The first-order chi connectivity index (χ1) is 14.4. The molecule has 0 unspecified atom stereocenters. The van der Waals surface area contributed by atoms with Crippen LogP contribution in [0.5, 0.6) is 11.6 Å². The number of nitrogens with zero attached hydrogens (tertiary/aromatic N) is 2. The predicted octanol–water partition coefficient (Wildman–Crippen LogP) is 4.29. The molecule has 2 aromatic rings. The zero-order valence-electron chi connectivity index (χ0n) is 17.1. The zero-order valence-corrected chi connectivity index (χ0v) is 19.4. The van der Waals surface area contributed by atoms with Crippen LogP contribution >= 0.6 is 24.0 Å². The van der Waals surface area contributed by atoms with E-state index in [0.29, 0.717) is 30.8 Å². The molecule has 31 heavy (non-hydrogen) atoms. The number of alkyl halides is 3. The summed E-state index contributed by atoms with van der Waals surface area (Å²) in [5, 5.41) is 6.35. The number of hydrogen-bond acceptors (Lipinski definition) is 4. The Morgan fingerprint density at radius 1 is 1.03 bits per heavy atom. The van der Waals surface area contributed by atoms with Gasteiger partial charge in [0.2, 0.25) is 5.88 Å². The van der Waals surface area contributed by atoms with Crippen LogP contribution in [-0.2, 0) is 13.1 Å². The van der Waals surface area contributed by atoms with E-state index in [-0.39, 0.29) is 29.7 Å². The van der Waals surface area contributed by atoms with Crippen LogP contribution in [0.1, 0.15) is 24.0 Å². The van der Waals surface area contributed by atoms with Gasteiger partial charge in [-0.1, -0.05) is 18.2 Å². The lowest BCUT2D eigenvalue weighted by Gasteiger charge is -2.13. The van der Waals surface area contributed by atoms with E-state index in [1.165, 1.54) is 25.0 Å². The molecule has 6 nitrogen and oxygen atoms in total. The topological polar surface area (TPSA) is 67.8 Å². The molecule has 0 bridgehead atoms. The Morgan fingerprint density at radius 2 is 1.68 bits per heavy atom. The van der Waals surface area contributed by atoms with Crippen molar-refractivity contribution in [2.75, 3.05) is 20.3 Å². The highest BCUT2D eigenvalue weighted by atomic mass is 127. The van der Waals surface area contributed by atoms with Gasteiger partial charge in [-0.15, -0.1) is 24.0 Å². The van der Waals surface area contributed by atoms with E-state index in [4.69, 9.17) is 9.47 Å². The first-order valence-electron chi connectivity index (χ1n) is 9.72. The predicted molar refractivity (Wildman–Crippen MR) is 123 cm³/mol. The fraction of sp³-hybridized carbons (Fsp3) is 0.429. The summed E-state index contributed by atoms with van der Waals surface area (Å²) < 4.78 is 46.9. The second-order valence-corrected chi connectivity index (χ2v) is 7.09. The molecular weight excluding hydrogens is 524 g/mol. The lowest BCUT2D eigenvalue weighted by molar-refractivity contribution is -0.153. The van der Waals surface area contributed by atoms with Gasteiger partial charge in [0.15, 0.2) is 12.6 Å². The first kappa shape index (κ1) is 25.0. The van der Waals surface area contributed by atoms with Crippen LogP contribution in [0.3, 0.4) is 0 Å². The Labute approximate surface area is 196 Å². The summed E-state index contributed by atoms with van der Waals surface area (Å²) in [5.41, 5.74) is 1.87. The molecule has 0 saturated heterocycles. The maximum absolute atomic E-state index is 12.2. The van der Waals surface area contributed by atoms with E-state index >= 15 is 0 Å². The number of guanidine groups is 1. The molecule has 1 aromatic heterocycles. The molecule has 0 spiro atoms. The van der Waals surface area contributed by atoms with Crippen LogP contribution in [0, 0.1) is 5.92 Å². The van der Waals surface area contributed by atoms with Crippen molar-refractivity contribution in [3.8, 4) is 11.6 Å². The van der Waals surface area contributed by atoms with Gasteiger partial charge < -0.3 is 20.1 Å². The van der Waals surface area contributed by atoms with E-state index < -0.39 is 12.8 Å². The number of aliphatic imine (C=N–C) groups is 1. The summed E-state index contributed by atoms with van der Waals surface area (Å²) in [4.78, 5) is 8.47. The number of hydrogen-bond donors (Lipinski definition) is 2. The molecule has 3 rings (SSSR count). The molecule has 0 radical (unpaired) electrons. The van der Waals surface area contributed by atoms with Crippen LogP contribution < -0.4 is 20.1 Å². The normalized spacial score (nSPS) is 13.9. The number of ether oxygens (including phenoxy) is 2. The average molecular weight is 550 g/mol. The minimum atomic E-state index is -4.35. The highest BCUT2D eigenvalue weighted by Gasteiger charge is 2.28. The first-order valence-corrected chi connectivity index (χ1v) is 9.72. The smallest absolute Gasteiger partial charge is 0.422 e. The minimum absolute atomic E-state index is 0. The summed E-state index contributed by atoms with van der Waals surface area (Å²) in [5.74, 6) is 2.10. The monoisotopic (exact) mass is 550 g/mol. The largest absolute Gasteiger partial charge is 0.484 e. The Kier molecular flexibility index (Phi) is 9.66. The molecular formula is C21H26F3IN4O2. The van der Waals surface area contributed by atoms with Crippen molar-refractivity contribution < 1.29 is 22.6 Å². The quantitative estimate of drug-likeness (QED) is 0.277. The molecule has 1 aromatic carbocycles. The Morgan fingerprint density at radius 3 is 2.23 bits per heavy atom. The number of halogens is 4. The number of pyridine rings is 1. The van der Waals surface area contributed by atoms with Gasteiger partial charge in [0.1, 0.15) is 5.75 Å². The maximum Gasteiger partial charge on any atom is 0.422 e. The summed E-state index contributed by atoms with van der Waals surface area (Å²) in [6.45, 7) is 0.436. The van der Waals surface area contributed by atoms with Crippen molar-refractivity contribution in [1.29, 1.82) is 0 Å². The minimum Gasteiger partial charge on any atom is -0.484 e. The number of aromatic nitrogens is 1. The summed E-state index contributed by atoms with van der Waals surface area (Å²) in [6, 6.07) is 10.2. The Bertz CT molecular complexity index is 826. The summed E-state index contributed by atoms with van der Waals surface area (Å²) in [7, 11) is 1.66. The Hall–Kier alpha value is -2.24. The standard InChI is InChI=1S/C21H25F3N4O2.HI/c1-25-20(27-10-15-4-7-18(8-5-15)30-14-21(22,23)24)28-12-17-6-9-19(26-11-17)29-13-16-2-3-16;/h4-9,11,16H,2-3,10,12-14H2,1H3,(H2,25,27,28);1H. The molecule has 1 heterocycles. The van der Waals surface area contributed by atoms with Gasteiger partial charge >= 0.3 is 6.18 Å². The van der Waals surface area contributed by atoms with Crippen LogP contribution in [0.2, 0.25) is 0 Å². The summed E-state index contributed by atoms with van der Waals surface area (Å²) >= 11 is 0. The van der Waals surface area contributed by atoms with E-state index in [0.717, 1.165) is 17.7 Å². The van der Waals surface area contributed by atoms with Gasteiger partial charge in [-0.2, -0.15) is 13.2 Å². The van der Waals surface area contributed by atoms with Crippen molar-refractivity contribution in [2.24, 2.45) is 10.9 Å². The fourth-order valence-corrected chi connectivity index (χ4v) is 2.55. The highest BCUT2D eigenvalue weighted by molar-refractivity contribution is 14.0. The lowest BCUT2D eigenvalue weighted by Crippen LogP contribution is -2.36. The van der Waals surface area contributed by atoms with Gasteiger partial charge in [-0.3, -0.25) is 4.99 Å². The van der Waals surface area contributed by atoms with Crippen molar-refractivity contribution in [3.05, 3.63) is 53.7 Å². The third-order valence-corrected chi connectivity index (χ3v) is 4.43. The molecule has 170 valence electrons. The second kappa shape index (κ2) is 12.0. The van der Waals surface area contributed by atoms with Gasteiger partial charge in [-0.05, 0) is 42.0 Å². The third-order valence-electron chi connectivity index (χ3n) is 4.43. The molecule has 10 heteroatoms. The lowest BCUT2D eigenvalue weighted by atomic mass is 10.2. The van der Waals surface area contributed by atoms with Crippen molar-refractivity contribution in [2.45, 2.75) is 32.1 Å². The number of nitrogens with one attached hydrogen (secondary N) is 2. The van der Waals surface area contributed by atoms with E-state index in [1.807, 2.05) is 12.1 Å². The zero-order chi connectivity index (χ0) is 21.4. The number of benzene rings is 1. The maximum atomic E-state index is 12.2. The van der Waals surface area contributed by atoms with Gasteiger partial charge in [0.25, 0.3) is 0 Å². The van der Waals surface area contributed by atoms with Crippen LogP contribution in [0.25, 0.3) is 0 Å². The van der Waals surface area contributed by atoms with E-state index in [1.54, 1.807) is 25.4 Å². The second-order valence-electron chi connectivity index (χ2n) is 7.09. The fourth-order valence-electron chi connectivity index (χ4n) is 2.55. The van der Waals surface area contributed by atoms with Gasteiger partial charge in [-0.25, -0.2) is 4.98 Å². The molecule has 2 N–H and O–H groups in total. The van der Waals surface area contributed by atoms with Gasteiger partial charge in [0.05, 0.1) is 6.61 Å². The highest BCUT2D eigenvalue weighted by Crippen LogP contribution is 2.29.